The summed E-state index contributed by atoms with van der Waals surface area (Å²) in [5, 5.41) is 0. The zero-order valence-corrected chi connectivity index (χ0v) is 12.5. The fourth-order valence-electron chi connectivity index (χ4n) is 2.42. The van der Waals surface area contributed by atoms with Crippen LogP contribution in [0.1, 0.15) is 38.2 Å². The van der Waals surface area contributed by atoms with Gasteiger partial charge in [0.2, 0.25) is 10.0 Å². The highest BCUT2D eigenvalue weighted by atomic mass is 32.2. The molecule has 2 rings (SSSR count). The van der Waals surface area contributed by atoms with Crippen molar-refractivity contribution >= 4 is 10.0 Å². The third-order valence-corrected chi connectivity index (χ3v) is 5.48. The predicted molar refractivity (Wildman–Crippen MR) is 79.6 cm³/mol. The minimum absolute atomic E-state index is 0.209. The fraction of sp³-hybridized carbons (Fsp3) is 0.467. The van der Waals surface area contributed by atoms with Crippen molar-refractivity contribution in [1.82, 2.24) is 4.72 Å². The van der Waals surface area contributed by atoms with Crippen molar-refractivity contribution in [3.05, 3.63) is 29.8 Å². The van der Waals surface area contributed by atoms with Gasteiger partial charge in [-0.05, 0) is 37.8 Å². The van der Waals surface area contributed by atoms with Crippen LogP contribution in [0.25, 0.3) is 0 Å². The van der Waals surface area contributed by atoms with Gasteiger partial charge in [0.05, 0.1) is 11.4 Å². The minimum atomic E-state index is -3.55. The average molecular weight is 292 g/mol. The summed E-state index contributed by atoms with van der Waals surface area (Å²) in [6.07, 6.45) is 3.69. The number of benzene rings is 1. The summed E-state index contributed by atoms with van der Waals surface area (Å²) in [4.78, 5) is 0.237. The lowest BCUT2D eigenvalue weighted by Crippen LogP contribution is -2.52. The zero-order valence-electron chi connectivity index (χ0n) is 11.6. The molecule has 1 aliphatic carbocycles. The maximum Gasteiger partial charge on any atom is 0.242 e. The van der Waals surface area contributed by atoms with Crippen molar-refractivity contribution in [2.24, 2.45) is 5.73 Å². The number of rotatable bonds is 4. The van der Waals surface area contributed by atoms with E-state index in [9.17, 15) is 8.42 Å². The molecule has 5 heteroatoms. The Labute approximate surface area is 120 Å². The topological polar surface area (TPSA) is 72.2 Å². The van der Waals surface area contributed by atoms with Gasteiger partial charge < -0.3 is 5.73 Å². The van der Waals surface area contributed by atoms with Crippen LogP contribution in [0.3, 0.4) is 0 Å². The summed E-state index contributed by atoms with van der Waals surface area (Å²) in [5.41, 5.74) is 5.58. The molecule has 0 amide bonds. The first-order chi connectivity index (χ1) is 9.53. The summed E-state index contributed by atoms with van der Waals surface area (Å²) in [5.74, 6) is 5.53. The van der Waals surface area contributed by atoms with Crippen molar-refractivity contribution in [2.45, 2.75) is 43.0 Å². The molecule has 0 unspecified atom stereocenters. The van der Waals surface area contributed by atoms with Gasteiger partial charge in [-0.3, -0.25) is 0 Å². The SMILES string of the molecule is CCC1(NS(=O)(=O)c2ccccc2C#CCN)CCC1. The van der Waals surface area contributed by atoms with E-state index >= 15 is 0 Å². The van der Waals surface area contributed by atoms with Crippen molar-refractivity contribution in [3.8, 4) is 11.8 Å². The highest BCUT2D eigenvalue weighted by Gasteiger charge is 2.39. The molecule has 1 aromatic carbocycles. The first kappa shape index (κ1) is 15.0. The van der Waals surface area contributed by atoms with E-state index in [1.54, 1.807) is 24.3 Å². The van der Waals surface area contributed by atoms with Crippen LogP contribution in [-0.4, -0.2) is 20.5 Å². The van der Waals surface area contributed by atoms with Crippen molar-refractivity contribution < 1.29 is 8.42 Å². The molecular weight excluding hydrogens is 272 g/mol. The maximum absolute atomic E-state index is 12.6. The van der Waals surface area contributed by atoms with Gasteiger partial charge in [-0.15, -0.1) is 0 Å². The predicted octanol–water partition coefficient (Wildman–Crippen LogP) is 1.61. The Kier molecular flexibility index (Phi) is 4.48. The molecule has 4 nitrogen and oxygen atoms in total. The first-order valence-corrected chi connectivity index (χ1v) is 8.33. The van der Waals surface area contributed by atoms with Crippen LogP contribution in [0, 0.1) is 11.8 Å². The van der Waals surface area contributed by atoms with Gasteiger partial charge in [0, 0.05) is 11.1 Å². The lowest BCUT2D eigenvalue weighted by molar-refractivity contribution is 0.214. The molecule has 0 atom stereocenters. The standard InChI is InChI=1S/C15H20N2O2S/c1-2-15(10-6-11-15)17-20(18,19)14-9-4-3-7-13(14)8-5-12-16/h3-4,7,9,17H,2,6,10-12,16H2,1H3. The number of nitrogens with two attached hydrogens (primary N) is 1. The number of hydrogen-bond donors (Lipinski definition) is 2. The number of sulfonamides is 1. The van der Waals surface area contributed by atoms with Gasteiger partial charge in [-0.25, -0.2) is 13.1 Å². The third kappa shape index (κ3) is 3.04. The van der Waals surface area contributed by atoms with Crippen LogP contribution in [0.2, 0.25) is 0 Å². The van der Waals surface area contributed by atoms with E-state index in [1.807, 2.05) is 6.92 Å². The van der Waals surface area contributed by atoms with Gasteiger partial charge in [0.15, 0.2) is 0 Å². The minimum Gasteiger partial charge on any atom is -0.320 e. The number of hydrogen-bond acceptors (Lipinski definition) is 3. The highest BCUT2D eigenvalue weighted by Crippen LogP contribution is 2.36. The summed E-state index contributed by atoms with van der Waals surface area (Å²) in [6, 6.07) is 6.78. The Balaban J connectivity index is 2.34. The maximum atomic E-state index is 12.6. The lowest BCUT2D eigenvalue weighted by atomic mass is 9.76. The molecule has 0 saturated heterocycles. The summed E-state index contributed by atoms with van der Waals surface area (Å²) in [7, 11) is -3.55. The van der Waals surface area contributed by atoms with E-state index in [1.165, 1.54) is 0 Å². The molecule has 108 valence electrons. The van der Waals surface area contributed by atoms with Crippen molar-refractivity contribution in [1.29, 1.82) is 0 Å². The molecule has 0 heterocycles. The van der Waals surface area contributed by atoms with Gasteiger partial charge in [-0.2, -0.15) is 0 Å². The molecule has 0 bridgehead atoms. The average Bonchev–Trinajstić information content (AvgIpc) is 2.41. The Morgan fingerprint density at radius 3 is 2.60 bits per heavy atom. The molecule has 0 aliphatic heterocycles. The summed E-state index contributed by atoms with van der Waals surface area (Å²) >= 11 is 0. The summed E-state index contributed by atoms with van der Waals surface area (Å²) in [6.45, 7) is 2.22. The van der Waals surface area contributed by atoms with Crippen LogP contribution in [0.4, 0.5) is 0 Å². The van der Waals surface area contributed by atoms with Crippen LogP contribution >= 0.6 is 0 Å². The Hall–Kier alpha value is -1.35. The normalized spacial score (nSPS) is 16.9. The molecule has 1 aliphatic rings. The van der Waals surface area contributed by atoms with Gasteiger partial charge in [-0.1, -0.05) is 30.9 Å². The first-order valence-electron chi connectivity index (χ1n) is 6.85. The van der Waals surface area contributed by atoms with E-state index in [4.69, 9.17) is 5.73 Å². The van der Waals surface area contributed by atoms with Gasteiger partial charge in [0.1, 0.15) is 0 Å². The van der Waals surface area contributed by atoms with Gasteiger partial charge in [0.25, 0.3) is 0 Å². The quantitative estimate of drug-likeness (QED) is 0.828. The molecule has 3 N–H and O–H groups in total. The van der Waals surface area contributed by atoms with E-state index in [0.29, 0.717) is 5.56 Å². The van der Waals surface area contributed by atoms with E-state index < -0.39 is 10.0 Å². The molecule has 0 spiro atoms. The molecule has 1 fully saturated rings. The van der Waals surface area contributed by atoms with Crippen LogP contribution in [-0.2, 0) is 10.0 Å². The van der Waals surface area contributed by atoms with E-state index in [-0.39, 0.29) is 17.0 Å². The lowest BCUT2D eigenvalue weighted by Gasteiger charge is -2.41. The third-order valence-electron chi connectivity index (χ3n) is 3.84. The summed E-state index contributed by atoms with van der Waals surface area (Å²) < 4.78 is 28.0. The Morgan fingerprint density at radius 1 is 1.35 bits per heavy atom. The molecular formula is C15H20N2O2S. The number of nitrogens with one attached hydrogen (secondary N) is 1. The largest absolute Gasteiger partial charge is 0.320 e. The second-order valence-corrected chi connectivity index (χ2v) is 6.75. The van der Waals surface area contributed by atoms with Crippen molar-refractivity contribution in [3.63, 3.8) is 0 Å². The van der Waals surface area contributed by atoms with Crippen LogP contribution in [0.15, 0.2) is 29.2 Å². The van der Waals surface area contributed by atoms with Crippen LogP contribution in [0.5, 0.6) is 0 Å². The van der Waals surface area contributed by atoms with Crippen molar-refractivity contribution in [2.75, 3.05) is 6.54 Å². The van der Waals surface area contributed by atoms with E-state index in [2.05, 4.69) is 16.6 Å². The van der Waals surface area contributed by atoms with Gasteiger partial charge >= 0.3 is 0 Å². The van der Waals surface area contributed by atoms with Crippen LogP contribution < -0.4 is 10.5 Å². The molecule has 0 aromatic heterocycles. The molecule has 1 aromatic rings. The zero-order chi connectivity index (χ0) is 14.6. The smallest absolute Gasteiger partial charge is 0.242 e. The second kappa shape index (κ2) is 5.96. The molecule has 20 heavy (non-hydrogen) atoms. The Bertz CT molecular complexity index is 632. The highest BCUT2D eigenvalue weighted by molar-refractivity contribution is 7.89. The van der Waals surface area contributed by atoms with E-state index in [0.717, 1.165) is 25.7 Å². The molecule has 0 radical (unpaired) electrons. The molecule has 1 saturated carbocycles. The fourth-order valence-corrected chi connectivity index (χ4v) is 4.12. The Morgan fingerprint density at radius 2 is 2.05 bits per heavy atom. The monoisotopic (exact) mass is 292 g/mol. The second-order valence-electron chi connectivity index (χ2n) is 5.09.